The lowest BCUT2D eigenvalue weighted by atomic mass is 10.2. The van der Waals surface area contributed by atoms with Crippen LogP contribution in [0.1, 0.15) is 5.56 Å². The Labute approximate surface area is 131 Å². The molecule has 1 aromatic carbocycles. The van der Waals surface area contributed by atoms with Gasteiger partial charge in [0, 0.05) is 23.2 Å². The van der Waals surface area contributed by atoms with Crippen molar-refractivity contribution in [3.63, 3.8) is 0 Å². The van der Waals surface area contributed by atoms with Crippen LogP contribution in [0.5, 0.6) is 0 Å². The number of nitrogens with one attached hydrogen (secondary N) is 1. The molecule has 2 heterocycles. The summed E-state index contributed by atoms with van der Waals surface area (Å²) in [5.41, 5.74) is 2.09. The SMILES string of the molecule is Cc1cc(Nc2nncc(N3CCOCC3)n2)ccc1Br. The van der Waals surface area contributed by atoms with Gasteiger partial charge in [0.1, 0.15) is 0 Å². The Hall–Kier alpha value is -1.73. The minimum Gasteiger partial charge on any atom is -0.378 e. The van der Waals surface area contributed by atoms with Crippen LogP contribution in [0.15, 0.2) is 28.9 Å². The van der Waals surface area contributed by atoms with Crippen LogP contribution in [-0.4, -0.2) is 41.5 Å². The Morgan fingerprint density at radius 1 is 1.29 bits per heavy atom. The summed E-state index contributed by atoms with van der Waals surface area (Å²) in [5.74, 6) is 1.32. The molecule has 1 aliphatic rings. The van der Waals surface area contributed by atoms with Crippen LogP contribution in [0.2, 0.25) is 0 Å². The number of morpholine rings is 1. The molecule has 0 amide bonds. The van der Waals surface area contributed by atoms with Crippen molar-refractivity contribution in [2.45, 2.75) is 6.92 Å². The second-order valence-corrected chi connectivity index (χ2v) is 5.68. The van der Waals surface area contributed by atoms with Crippen molar-refractivity contribution in [1.82, 2.24) is 15.2 Å². The molecule has 3 rings (SSSR count). The molecular formula is C14H16BrN5O. The van der Waals surface area contributed by atoms with Crippen LogP contribution < -0.4 is 10.2 Å². The molecule has 1 aromatic heterocycles. The molecule has 6 nitrogen and oxygen atoms in total. The molecule has 0 atom stereocenters. The first kappa shape index (κ1) is 14.2. The summed E-state index contributed by atoms with van der Waals surface area (Å²) in [4.78, 5) is 6.67. The van der Waals surface area contributed by atoms with Crippen LogP contribution in [0.3, 0.4) is 0 Å². The number of ether oxygens (including phenoxy) is 1. The van der Waals surface area contributed by atoms with Gasteiger partial charge in [-0.3, -0.25) is 0 Å². The largest absolute Gasteiger partial charge is 0.378 e. The number of halogens is 1. The van der Waals surface area contributed by atoms with E-state index in [0.29, 0.717) is 5.95 Å². The van der Waals surface area contributed by atoms with E-state index in [1.54, 1.807) is 6.20 Å². The third kappa shape index (κ3) is 3.48. The number of hydrogen-bond donors (Lipinski definition) is 1. The molecule has 0 spiro atoms. The normalized spacial score (nSPS) is 15.0. The molecule has 7 heteroatoms. The van der Waals surface area contributed by atoms with E-state index in [1.807, 2.05) is 25.1 Å². The zero-order valence-corrected chi connectivity index (χ0v) is 13.3. The summed E-state index contributed by atoms with van der Waals surface area (Å²) in [7, 11) is 0. The van der Waals surface area contributed by atoms with Crippen molar-refractivity contribution >= 4 is 33.4 Å². The fourth-order valence-corrected chi connectivity index (χ4v) is 2.39. The number of rotatable bonds is 3. The lowest BCUT2D eigenvalue weighted by Gasteiger charge is -2.27. The summed E-state index contributed by atoms with van der Waals surface area (Å²) in [6.07, 6.45) is 1.68. The molecule has 0 aliphatic carbocycles. The van der Waals surface area contributed by atoms with E-state index in [2.05, 4.69) is 41.3 Å². The van der Waals surface area contributed by atoms with Gasteiger partial charge in [-0.05, 0) is 30.7 Å². The molecule has 0 unspecified atom stereocenters. The number of benzene rings is 1. The van der Waals surface area contributed by atoms with E-state index in [0.717, 1.165) is 47.8 Å². The third-order valence-corrected chi connectivity index (χ3v) is 4.19. The van der Waals surface area contributed by atoms with Crippen molar-refractivity contribution in [3.05, 3.63) is 34.4 Å². The Morgan fingerprint density at radius 3 is 2.86 bits per heavy atom. The lowest BCUT2D eigenvalue weighted by molar-refractivity contribution is 0.122. The first-order chi connectivity index (χ1) is 10.2. The van der Waals surface area contributed by atoms with Gasteiger partial charge in [-0.2, -0.15) is 10.1 Å². The van der Waals surface area contributed by atoms with Crippen LogP contribution >= 0.6 is 15.9 Å². The zero-order valence-electron chi connectivity index (χ0n) is 11.7. The second kappa shape index (κ2) is 6.36. The highest BCUT2D eigenvalue weighted by Gasteiger charge is 2.13. The first-order valence-corrected chi connectivity index (χ1v) is 7.57. The van der Waals surface area contributed by atoms with E-state index < -0.39 is 0 Å². The number of hydrogen-bond acceptors (Lipinski definition) is 6. The third-order valence-electron chi connectivity index (χ3n) is 3.30. The summed E-state index contributed by atoms with van der Waals surface area (Å²) in [6.45, 7) is 5.14. The minimum atomic E-state index is 0.501. The van der Waals surface area contributed by atoms with Crippen LogP contribution in [-0.2, 0) is 4.74 Å². The number of anilines is 3. The van der Waals surface area contributed by atoms with Gasteiger partial charge in [0.2, 0.25) is 5.95 Å². The second-order valence-electron chi connectivity index (χ2n) is 4.83. The molecule has 21 heavy (non-hydrogen) atoms. The highest BCUT2D eigenvalue weighted by molar-refractivity contribution is 9.10. The quantitative estimate of drug-likeness (QED) is 0.918. The first-order valence-electron chi connectivity index (χ1n) is 6.78. The Kier molecular flexibility index (Phi) is 4.31. The summed E-state index contributed by atoms with van der Waals surface area (Å²) >= 11 is 3.49. The molecule has 0 radical (unpaired) electrons. The smallest absolute Gasteiger partial charge is 0.249 e. The maximum absolute atomic E-state index is 5.35. The fraction of sp³-hybridized carbons (Fsp3) is 0.357. The van der Waals surface area contributed by atoms with Crippen LogP contribution in [0, 0.1) is 6.92 Å². The number of aryl methyl sites for hydroxylation is 1. The summed E-state index contributed by atoms with van der Waals surface area (Å²) < 4.78 is 6.42. The van der Waals surface area contributed by atoms with Gasteiger partial charge in [-0.15, -0.1) is 5.10 Å². The van der Waals surface area contributed by atoms with Crippen molar-refractivity contribution in [3.8, 4) is 0 Å². The van der Waals surface area contributed by atoms with Gasteiger partial charge in [0.25, 0.3) is 0 Å². The fourth-order valence-electron chi connectivity index (χ4n) is 2.14. The molecular weight excluding hydrogens is 334 g/mol. The van der Waals surface area contributed by atoms with E-state index in [9.17, 15) is 0 Å². The molecule has 2 aromatic rings. The molecule has 1 N–H and O–H groups in total. The van der Waals surface area contributed by atoms with Gasteiger partial charge in [-0.25, -0.2) is 0 Å². The van der Waals surface area contributed by atoms with E-state index in [1.165, 1.54) is 0 Å². The molecule has 1 fully saturated rings. The summed E-state index contributed by atoms with van der Waals surface area (Å²) in [5, 5.41) is 11.3. The van der Waals surface area contributed by atoms with Gasteiger partial charge >= 0.3 is 0 Å². The van der Waals surface area contributed by atoms with Crippen LogP contribution in [0.25, 0.3) is 0 Å². The molecule has 1 saturated heterocycles. The molecule has 110 valence electrons. The Bertz CT molecular complexity index is 631. The van der Waals surface area contributed by atoms with Crippen molar-refractivity contribution in [1.29, 1.82) is 0 Å². The van der Waals surface area contributed by atoms with E-state index >= 15 is 0 Å². The number of nitrogens with zero attached hydrogens (tertiary/aromatic N) is 4. The summed E-state index contributed by atoms with van der Waals surface area (Å²) in [6, 6.07) is 6.01. The van der Waals surface area contributed by atoms with Crippen molar-refractivity contribution in [2.75, 3.05) is 36.5 Å². The standard InChI is InChI=1S/C14H16BrN5O/c1-10-8-11(2-3-12(10)15)17-14-18-13(9-16-19-14)20-4-6-21-7-5-20/h2-3,8-9H,4-7H2,1H3,(H,17,18,19). The zero-order chi connectivity index (χ0) is 14.7. The highest BCUT2D eigenvalue weighted by Crippen LogP contribution is 2.22. The van der Waals surface area contributed by atoms with Crippen molar-refractivity contribution < 1.29 is 4.74 Å². The van der Waals surface area contributed by atoms with Crippen molar-refractivity contribution in [2.24, 2.45) is 0 Å². The predicted molar refractivity (Wildman–Crippen MR) is 85.0 cm³/mol. The van der Waals surface area contributed by atoms with E-state index in [-0.39, 0.29) is 0 Å². The monoisotopic (exact) mass is 349 g/mol. The average Bonchev–Trinajstić information content (AvgIpc) is 2.52. The van der Waals surface area contributed by atoms with Gasteiger partial charge in [0.05, 0.1) is 19.4 Å². The Morgan fingerprint density at radius 2 is 2.10 bits per heavy atom. The average molecular weight is 350 g/mol. The topological polar surface area (TPSA) is 63.2 Å². The maximum Gasteiger partial charge on any atom is 0.249 e. The van der Waals surface area contributed by atoms with E-state index in [4.69, 9.17) is 4.74 Å². The van der Waals surface area contributed by atoms with Gasteiger partial charge in [0.15, 0.2) is 5.82 Å². The minimum absolute atomic E-state index is 0.501. The van der Waals surface area contributed by atoms with Gasteiger partial charge in [-0.1, -0.05) is 15.9 Å². The molecule has 0 bridgehead atoms. The highest BCUT2D eigenvalue weighted by atomic mass is 79.9. The van der Waals surface area contributed by atoms with Crippen LogP contribution in [0.4, 0.5) is 17.5 Å². The molecule has 0 saturated carbocycles. The van der Waals surface area contributed by atoms with Gasteiger partial charge < -0.3 is 15.0 Å². The Balaban J connectivity index is 1.77. The lowest BCUT2D eigenvalue weighted by Crippen LogP contribution is -2.36. The predicted octanol–water partition coefficient (Wildman–Crippen LogP) is 2.52. The molecule has 1 aliphatic heterocycles. The maximum atomic E-state index is 5.35. The number of aromatic nitrogens is 3.